The molecule has 4 atom stereocenters. The van der Waals surface area contributed by atoms with E-state index in [0.717, 1.165) is 31.0 Å². The van der Waals surface area contributed by atoms with E-state index in [1.54, 1.807) is 0 Å². The van der Waals surface area contributed by atoms with E-state index in [9.17, 15) is 14.4 Å². The van der Waals surface area contributed by atoms with Crippen LogP contribution in [-0.2, 0) is 19.1 Å². The molecule has 0 saturated carbocycles. The highest BCUT2D eigenvalue weighted by atomic mass is 16.5. The van der Waals surface area contributed by atoms with Crippen LogP contribution in [0.1, 0.15) is 60.3 Å². The molecule has 144 valence electrons. The van der Waals surface area contributed by atoms with Gasteiger partial charge in [0.1, 0.15) is 18.7 Å². The monoisotopic (exact) mass is 360 g/mol. The number of rotatable bonds is 7. The molecule has 0 N–H and O–H groups in total. The summed E-state index contributed by atoms with van der Waals surface area (Å²) in [6.45, 7) is 9.58. The molecule has 0 spiro atoms. The van der Waals surface area contributed by atoms with E-state index in [0.29, 0.717) is 18.4 Å². The summed E-state index contributed by atoms with van der Waals surface area (Å²) < 4.78 is 5.64. The van der Waals surface area contributed by atoms with Crippen LogP contribution < -0.4 is 0 Å². The Morgan fingerprint density at radius 3 is 2.50 bits per heavy atom. The first kappa shape index (κ1) is 22.1. The summed E-state index contributed by atoms with van der Waals surface area (Å²) in [6.07, 6.45) is 10.2. The SMILES string of the molecule is CC(=O)O[C@@H]1C/C(C)=C/C/C=C(/C=O)[C@H](C=O)[C@H]1[C@H](C)CCC=C(C)C. The predicted molar refractivity (Wildman–Crippen MR) is 104 cm³/mol. The average molecular weight is 360 g/mol. The molecule has 1 rings (SSSR count). The Morgan fingerprint density at radius 1 is 1.27 bits per heavy atom. The van der Waals surface area contributed by atoms with Crippen molar-refractivity contribution in [2.45, 2.75) is 66.4 Å². The molecular formula is C22H32O4. The van der Waals surface area contributed by atoms with Gasteiger partial charge in [-0.05, 0) is 51.5 Å². The second-order valence-corrected chi connectivity index (χ2v) is 7.54. The lowest BCUT2D eigenvalue weighted by molar-refractivity contribution is -0.152. The smallest absolute Gasteiger partial charge is 0.302 e. The van der Waals surface area contributed by atoms with Gasteiger partial charge in [0.05, 0.1) is 0 Å². The van der Waals surface area contributed by atoms with Crippen molar-refractivity contribution in [1.82, 2.24) is 0 Å². The van der Waals surface area contributed by atoms with Gasteiger partial charge in [-0.2, -0.15) is 0 Å². The van der Waals surface area contributed by atoms with Gasteiger partial charge >= 0.3 is 5.97 Å². The van der Waals surface area contributed by atoms with Gasteiger partial charge < -0.3 is 9.53 Å². The van der Waals surface area contributed by atoms with Gasteiger partial charge in [-0.15, -0.1) is 0 Å². The van der Waals surface area contributed by atoms with Crippen molar-refractivity contribution in [2.24, 2.45) is 17.8 Å². The first-order valence-electron chi connectivity index (χ1n) is 9.36. The van der Waals surface area contributed by atoms with Crippen LogP contribution in [0.25, 0.3) is 0 Å². The van der Waals surface area contributed by atoms with E-state index in [2.05, 4.69) is 26.8 Å². The van der Waals surface area contributed by atoms with Gasteiger partial charge in [0.15, 0.2) is 0 Å². The normalized spacial score (nSPS) is 28.7. The van der Waals surface area contributed by atoms with Crippen molar-refractivity contribution in [2.75, 3.05) is 0 Å². The number of esters is 1. The van der Waals surface area contributed by atoms with E-state index in [1.807, 2.05) is 19.1 Å². The summed E-state index contributed by atoms with van der Waals surface area (Å²) in [5, 5.41) is 0. The molecule has 1 aliphatic carbocycles. The lowest BCUT2D eigenvalue weighted by atomic mass is 9.73. The lowest BCUT2D eigenvalue weighted by Crippen LogP contribution is -2.38. The highest BCUT2D eigenvalue weighted by molar-refractivity contribution is 5.81. The Labute approximate surface area is 157 Å². The molecule has 0 aromatic carbocycles. The predicted octanol–water partition coefficient (Wildman–Crippen LogP) is 4.60. The zero-order valence-electron chi connectivity index (χ0n) is 16.7. The van der Waals surface area contributed by atoms with Gasteiger partial charge in [-0.3, -0.25) is 9.59 Å². The first-order chi connectivity index (χ1) is 12.3. The minimum Gasteiger partial charge on any atom is -0.462 e. The van der Waals surface area contributed by atoms with Crippen molar-refractivity contribution < 1.29 is 19.1 Å². The fourth-order valence-corrected chi connectivity index (χ4v) is 3.70. The summed E-state index contributed by atoms with van der Waals surface area (Å²) in [4.78, 5) is 35.3. The van der Waals surface area contributed by atoms with E-state index < -0.39 is 12.0 Å². The van der Waals surface area contributed by atoms with E-state index in [1.165, 1.54) is 12.5 Å². The fourth-order valence-electron chi connectivity index (χ4n) is 3.70. The number of aldehydes is 2. The molecule has 0 aromatic rings. The molecular weight excluding hydrogens is 328 g/mol. The molecule has 0 unspecified atom stereocenters. The number of carbonyl (C=O) groups excluding carboxylic acids is 3. The van der Waals surface area contributed by atoms with Crippen LogP contribution in [0, 0.1) is 17.8 Å². The summed E-state index contributed by atoms with van der Waals surface area (Å²) in [5.74, 6) is -1.01. The lowest BCUT2D eigenvalue weighted by Gasteiger charge is -2.35. The van der Waals surface area contributed by atoms with Gasteiger partial charge in [-0.25, -0.2) is 0 Å². The number of allylic oxidation sites excluding steroid dienone is 5. The summed E-state index contributed by atoms with van der Waals surface area (Å²) >= 11 is 0. The average Bonchev–Trinajstić information content (AvgIpc) is 2.61. The van der Waals surface area contributed by atoms with Crippen LogP contribution >= 0.6 is 0 Å². The van der Waals surface area contributed by atoms with Gasteiger partial charge in [0.2, 0.25) is 0 Å². The molecule has 0 aromatic heterocycles. The van der Waals surface area contributed by atoms with Crippen LogP contribution in [0.4, 0.5) is 0 Å². The Morgan fingerprint density at radius 2 is 1.96 bits per heavy atom. The van der Waals surface area contributed by atoms with Crippen molar-refractivity contribution in [1.29, 1.82) is 0 Å². The first-order valence-corrected chi connectivity index (χ1v) is 9.36. The minimum atomic E-state index is -0.558. The Hall–Kier alpha value is -1.97. The molecule has 4 nitrogen and oxygen atoms in total. The second-order valence-electron chi connectivity index (χ2n) is 7.54. The summed E-state index contributed by atoms with van der Waals surface area (Å²) in [5.41, 5.74) is 2.84. The Kier molecular flexibility index (Phi) is 9.25. The number of hydrogen-bond acceptors (Lipinski definition) is 4. The van der Waals surface area contributed by atoms with Crippen LogP contribution in [0.15, 0.2) is 34.9 Å². The third-order valence-electron chi connectivity index (χ3n) is 5.00. The zero-order chi connectivity index (χ0) is 19.7. The number of hydrogen-bond donors (Lipinski definition) is 0. The van der Waals surface area contributed by atoms with Crippen LogP contribution in [0.2, 0.25) is 0 Å². The standard InChI is InChI=1S/C22H32O4/c1-15(2)8-6-10-17(4)22-20(14-24)19(13-23)11-7-9-16(3)12-21(22)26-18(5)25/h8-9,11,13-14,17,20-22H,6-7,10,12H2,1-5H3/b16-9+,19-11-/t17-,20+,21-,22-/m1/s1. The maximum atomic E-state index is 11.9. The number of ether oxygens (including phenoxy) is 1. The molecule has 4 heteroatoms. The van der Waals surface area contributed by atoms with Crippen molar-refractivity contribution in [3.05, 3.63) is 34.9 Å². The minimum absolute atomic E-state index is 0.124. The second kappa shape index (κ2) is 10.9. The van der Waals surface area contributed by atoms with Gasteiger partial charge in [0.25, 0.3) is 0 Å². The van der Waals surface area contributed by atoms with Crippen molar-refractivity contribution in [3.63, 3.8) is 0 Å². The molecule has 0 amide bonds. The number of carbonyl (C=O) groups is 3. The zero-order valence-corrected chi connectivity index (χ0v) is 16.7. The van der Waals surface area contributed by atoms with Crippen molar-refractivity contribution >= 4 is 18.5 Å². The van der Waals surface area contributed by atoms with Gasteiger partial charge in [-0.1, -0.05) is 36.3 Å². The largest absolute Gasteiger partial charge is 0.462 e. The molecule has 1 aliphatic rings. The molecule has 0 radical (unpaired) electrons. The molecule has 0 fully saturated rings. The molecule has 0 heterocycles. The Balaban J connectivity index is 3.28. The third-order valence-corrected chi connectivity index (χ3v) is 5.00. The highest BCUT2D eigenvalue weighted by Gasteiger charge is 2.37. The van der Waals surface area contributed by atoms with Crippen LogP contribution in [0.3, 0.4) is 0 Å². The molecule has 26 heavy (non-hydrogen) atoms. The molecule has 0 saturated heterocycles. The molecule has 0 bridgehead atoms. The van der Waals surface area contributed by atoms with E-state index in [4.69, 9.17) is 4.74 Å². The van der Waals surface area contributed by atoms with E-state index in [-0.39, 0.29) is 17.8 Å². The van der Waals surface area contributed by atoms with Gasteiger partial charge in [0, 0.05) is 25.2 Å². The third kappa shape index (κ3) is 6.74. The van der Waals surface area contributed by atoms with Crippen LogP contribution in [0.5, 0.6) is 0 Å². The highest BCUT2D eigenvalue weighted by Crippen LogP contribution is 2.36. The van der Waals surface area contributed by atoms with Crippen molar-refractivity contribution in [3.8, 4) is 0 Å². The van der Waals surface area contributed by atoms with Crippen LogP contribution in [-0.4, -0.2) is 24.6 Å². The summed E-state index contributed by atoms with van der Waals surface area (Å²) in [6, 6.07) is 0. The topological polar surface area (TPSA) is 60.4 Å². The fraction of sp³-hybridized carbons (Fsp3) is 0.591. The van der Waals surface area contributed by atoms with E-state index >= 15 is 0 Å². The maximum Gasteiger partial charge on any atom is 0.302 e. The quantitative estimate of drug-likeness (QED) is 0.378. The molecule has 0 aliphatic heterocycles. The maximum absolute atomic E-state index is 11.9. The summed E-state index contributed by atoms with van der Waals surface area (Å²) in [7, 11) is 0. The Bertz CT molecular complexity index is 593.